The number of ether oxygens (including phenoxy) is 2. The fraction of sp³-hybridized carbons (Fsp3) is 0.238. The number of hydrogen-bond donors (Lipinski definition) is 0. The zero-order valence-corrected chi connectivity index (χ0v) is 18.7. The van der Waals surface area contributed by atoms with E-state index in [2.05, 4.69) is 27.6 Å². The second-order valence-electron chi connectivity index (χ2n) is 6.56. The molecular weight excluding hydrogens is 487 g/mol. The molecule has 0 aliphatic carbocycles. The smallest absolute Gasteiger partial charge is 0.274 e. The summed E-state index contributed by atoms with van der Waals surface area (Å²) in [6.45, 7) is 6.46. The van der Waals surface area contributed by atoms with Crippen molar-refractivity contribution in [2.24, 2.45) is 0 Å². The topological polar surface area (TPSA) is 52.8 Å². The number of imidazole rings is 1. The van der Waals surface area contributed by atoms with E-state index in [1.54, 1.807) is 4.40 Å². The van der Waals surface area contributed by atoms with Crippen LogP contribution in [0.1, 0.15) is 26.3 Å². The van der Waals surface area contributed by atoms with Crippen LogP contribution in [0, 0.1) is 3.57 Å². The number of halogens is 1. The highest BCUT2D eigenvalue weighted by atomic mass is 127. The standard InChI is InChI=1S/C21H19IN2O3S/c1-4-26-17-10-13(9-14(22)19(17)27-12(2)3)11-18-20(25)24-16-8-6-5-7-15(16)23-21(24)28-18/h5-12H,4H2,1-3H3. The quantitative estimate of drug-likeness (QED) is 0.380. The van der Waals surface area contributed by atoms with Gasteiger partial charge in [0, 0.05) is 0 Å². The van der Waals surface area contributed by atoms with Gasteiger partial charge in [-0.15, -0.1) is 0 Å². The van der Waals surface area contributed by atoms with Gasteiger partial charge in [0.15, 0.2) is 16.5 Å². The Balaban J connectivity index is 1.86. The molecule has 0 spiro atoms. The number of thiazole rings is 1. The van der Waals surface area contributed by atoms with E-state index in [4.69, 9.17) is 9.47 Å². The van der Waals surface area contributed by atoms with E-state index in [1.807, 2.05) is 63.2 Å². The maximum Gasteiger partial charge on any atom is 0.274 e. The van der Waals surface area contributed by atoms with Gasteiger partial charge in [0.25, 0.3) is 5.56 Å². The van der Waals surface area contributed by atoms with Crippen molar-refractivity contribution in [3.63, 3.8) is 0 Å². The number of hydrogen-bond acceptors (Lipinski definition) is 5. The van der Waals surface area contributed by atoms with E-state index < -0.39 is 0 Å². The summed E-state index contributed by atoms with van der Waals surface area (Å²) in [5, 5.41) is 0. The van der Waals surface area contributed by atoms with Crippen LogP contribution in [0.5, 0.6) is 11.5 Å². The third-order valence-corrected chi connectivity index (χ3v) is 5.90. The van der Waals surface area contributed by atoms with Crippen LogP contribution >= 0.6 is 33.9 Å². The van der Waals surface area contributed by atoms with E-state index in [-0.39, 0.29) is 11.7 Å². The Morgan fingerprint density at radius 3 is 2.82 bits per heavy atom. The van der Waals surface area contributed by atoms with Gasteiger partial charge in [0.1, 0.15) is 0 Å². The number of benzene rings is 2. The van der Waals surface area contributed by atoms with E-state index in [0.29, 0.717) is 21.8 Å². The summed E-state index contributed by atoms with van der Waals surface area (Å²) in [5.41, 5.74) is 2.52. The molecule has 0 saturated heterocycles. The molecule has 0 bridgehead atoms. The molecule has 0 saturated carbocycles. The van der Waals surface area contributed by atoms with E-state index in [0.717, 1.165) is 25.9 Å². The fourth-order valence-corrected chi connectivity index (χ4v) is 4.79. The lowest BCUT2D eigenvalue weighted by atomic mass is 10.2. The van der Waals surface area contributed by atoms with Crippen LogP contribution in [-0.4, -0.2) is 22.1 Å². The predicted molar refractivity (Wildman–Crippen MR) is 122 cm³/mol. The first-order valence-corrected chi connectivity index (χ1v) is 10.9. The van der Waals surface area contributed by atoms with Gasteiger partial charge in [0.2, 0.25) is 0 Å². The first-order valence-electron chi connectivity index (χ1n) is 9.02. The highest BCUT2D eigenvalue weighted by Gasteiger charge is 2.14. The first-order chi connectivity index (χ1) is 13.5. The maximum absolute atomic E-state index is 13.0. The van der Waals surface area contributed by atoms with Crippen LogP contribution in [-0.2, 0) is 0 Å². The van der Waals surface area contributed by atoms with Gasteiger partial charge >= 0.3 is 0 Å². The highest BCUT2D eigenvalue weighted by Crippen LogP contribution is 2.35. The van der Waals surface area contributed by atoms with E-state index in [1.165, 1.54) is 11.3 Å². The Labute approximate surface area is 179 Å². The summed E-state index contributed by atoms with van der Waals surface area (Å²) < 4.78 is 15.0. The van der Waals surface area contributed by atoms with Crippen LogP contribution in [0.2, 0.25) is 0 Å². The molecule has 2 aromatic carbocycles. The van der Waals surface area contributed by atoms with Crippen molar-refractivity contribution in [3.05, 3.63) is 60.4 Å². The van der Waals surface area contributed by atoms with Crippen LogP contribution in [0.4, 0.5) is 0 Å². The molecule has 4 aromatic rings. The average Bonchev–Trinajstić information content (AvgIpc) is 3.15. The first kappa shape index (κ1) is 19.2. The minimum atomic E-state index is -0.0517. The molecule has 2 heterocycles. The molecule has 0 fully saturated rings. The monoisotopic (exact) mass is 506 g/mol. The Morgan fingerprint density at radius 1 is 1.29 bits per heavy atom. The second kappa shape index (κ2) is 7.71. The molecule has 144 valence electrons. The number of aromatic nitrogens is 2. The third kappa shape index (κ3) is 3.48. The van der Waals surface area contributed by atoms with Crippen molar-refractivity contribution in [1.29, 1.82) is 0 Å². The normalized spacial score (nSPS) is 12.4. The largest absolute Gasteiger partial charge is 0.490 e. The van der Waals surface area contributed by atoms with Crippen molar-refractivity contribution in [2.75, 3.05) is 6.61 Å². The van der Waals surface area contributed by atoms with Crippen LogP contribution in [0.3, 0.4) is 0 Å². The molecule has 5 nitrogen and oxygen atoms in total. The van der Waals surface area contributed by atoms with Gasteiger partial charge in [-0.2, -0.15) is 0 Å². The van der Waals surface area contributed by atoms with E-state index in [9.17, 15) is 4.79 Å². The Hall–Kier alpha value is -2.13. The second-order valence-corrected chi connectivity index (χ2v) is 8.74. The number of para-hydroxylation sites is 2. The molecule has 2 aromatic heterocycles. The fourth-order valence-electron chi connectivity index (χ4n) is 3.05. The summed E-state index contributed by atoms with van der Waals surface area (Å²) in [4.78, 5) is 18.2. The van der Waals surface area contributed by atoms with Crippen molar-refractivity contribution >= 4 is 56.0 Å². The summed E-state index contributed by atoms with van der Waals surface area (Å²) in [5.74, 6) is 1.43. The zero-order valence-electron chi connectivity index (χ0n) is 15.7. The van der Waals surface area contributed by atoms with Gasteiger partial charge in [-0.1, -0.05) is 23.5 Å². The Morgan fingerprint density at radius 2 is 2.07 bits per heavy atom. The molecule has 0 radical (unpaired) electrons. The molecule has 28 heavy (non-hydrogen) atoms. The van der Waals surface area contributed by atoms with Gasteiger partial charge in [0.05, 0.1) is 31.8 Å². The summed E-state index contributed by atoms with van der Waals surface area (Å²) in [7, 11) is 0. The maximum atomic E-state index is 13.0. The van der Waals surface area contributed by atoms with E-state index >= 15 is 0 Å². The lowest BCUT2D eigenvalue weighted by molar-refractivity contribution is 0.222. The molecule has 7 heteroatoms. The van der Waals surface area contributed by atoms with Crippen LogP contribution in [0.25, 0.3) is 22.1 Å². The van der Waals surface area contributed by atoms with Crippen molar-refractivity contribution < 1.29 is 9.47 Å². The molecule has 0 amide bonds. The molecule has 0 atom stereocenters. The predicted octanol–water partition coefficient (Wildman–Crippen LogP) is 4.25. The van der Waals surface area contributed by atoms with Gasteiger partial charge < -0.3 is 9.47 Å². The van der Waals surface area contributed by atoms with Gasteiger partial charge in [-0.3, -0.25) is 4.79 Å². The Bertz CT molecular complexity index is 1280. The summed E-state index contributed by atoms with van der Waals surface area (Å²) in [6.07, 6.45) is 1.94. The molecule has 0 aliphatic heterocycles. The van der Waals surface area contributed by atoms with Crippen molar-refractivity contribution in [1.82, 2.24) is 9.38 Å². The summed E-state index contributed by atoms with van der Waals surface area (Å²) in [6, 6.07) is 11.6. The highest BCUT2D eigenvalue weighted by molar-refractivity contribution is 14.1. The molecule has 0 unspecified atom stereocenters. The third-order valence-electron chi connectivity index (χ3n) is 4.13. The molecular formula is C21H19IN2O3S. The van der Waals surface area contributed by atoms with Crippen LogP contribution < -0.4 is 19.6 Å². The minimum Gasteiger partial charge on any atom is -0.490 e. The zero-order chi connectivity index (χ0) is 19.8. The Kier molecular flexibility index (Phi) is 5.29. The number of rotatable bonds is 5. The molecule has 0 aliphatic rings. The lowest BCUT2D eigenvalue weighted by Gasteiger charge is -2.16. The van der Waals surface area contributed by atoms with Crippen LogP contribution in [0.15, 0.2) is 41.2 Å². The van der Waals surface area contributed by atoms with Gasteiger partial charge in [-0.25, -0.2) is 9.38 Å². The lowest BCUT2D eigenvalue weighted by Crippen LogP contribution is -2.22. The molecule has 0 N–H and O–H groups in total. The SMILES string of the molecule is CCOc1cc(C=c2sc3nc4ccccc4n3c2=O)cc(I)c1OC(C)C. The average molecular weight is 506 g/mol. The van der Waals surface area contributed by atoms with Crippen molar-refractivity contribution in [2.45, 2.75) is 26.9 Å². The number of nitrogens with zero attached hydrogens (tertiary/aromatic N) is 2. The minimum absolute atomic E-state index is 0.0501. The molecule has 4 rings (SSSR count). The van der Waals surface area contributed by atoms with Crippen molar-refractivity contribution in [3.8, 4) is 11.5 Å². The number of fused-ring (bicyclic) bond motifs is 3. The van der Waals surface area contributed by atoms with Gasteiger partial charge in [-0.05, 0) is 79.3 Å². The summed E-state index contributed by atoms with van der Waals surface area (Å²) >= 11 is 3.64.